The molecule has 0 radical (unpaired) electrons. The van der Waals surface area contributed by atoms with Crippen LogP contribution in [0.15, 0.2) is 35.5 Å². The molecule has 146 valence electrons. The number of halogens is 3. The van der Waals surface area contributed by atoms with Crippen LogP contribution in [0, 0.1) is 0 Å². The zero-order valence-electron chi connectivity index (χ0n) is 14.5. The summed E-state index contributed by atoms with van der Waals surface area (Å²) in [6.07, 6.45) is 0.580. The van der Waals surface area contributed by atoms with Crippen LogP contribution in [0.5, 0.6) is 0 Å². The third-order valence-corrected chi connectivity index (χ3v) is 5.55. The van der Waals surface area contributed by atoms with Crippen molar-refractivity contribution in [2.24, 2.45) is 17.3 Å². The van der Waals surface area contributed by atoms with E-state index in [0.717, 1.165) is 16.9 Å². The molecule has 27 heavy (non-hydrogen) atoms. The number of carbonyl (C=O) groups is 1. The highest BCUT2D eigenvalue weighted by molar-refractivity contribution is 7.18. The van der Waals surface area contributed by atoms with Gasteiger partial charge in [0.05, 0.1) is 10.6 Å². The van der Waals surface area contributed by atoms with E-state index < -0.39 is 0 Å². The highest BCUT2D eigenvalue weighted by Gasteiger charge is 2.21. The van der Waals surface area contributed by atoms with E-state index in [-0.39, 0.29) is 23.6 Å². The lowest BCUT2D eigenvalue weighted by atomic mass is 10.1. The van der Waals surface area contributed by atoms with Gasteiger partial charge in [0.15, 0.2) is 0 Å². The molecule has 1 heterocycles. The zero-order chi connectivity index (χ0) is 20.1. The molecule has 6 nitrogen and oxygen atoms in total. The molecular weight excluding hydrogens is 429 g/mol. The van der Waals surface area contributed by atoms with Gasteiger partial charge in [0.2, 0.25) is 0 Å². The van der Waals surface area contributed by atoms with E-state index in [1.54, 1.807) is 25.2 Å². The van der Waals surface area contributed by atoms with Gasteiger partial charge in [-0.2, -0.15) is 0 Å². The SMILES string of the molecule is CN(N)/C(=C(\N)Cl)c1cc(C(=O)NC(CN)Cc2ccc(Cl)cc2)sc1Cl. The number of hydrogen-bond acceptors (Lipinski definition) is 6. The van der Waals surface area contributed by atoms with Crippen molar-refractivity contribution in [2.75, 3.05) is 13.6 Å². The highest BCUT2D eigenvalue weighted by Crippen LogP contribution is 2.34. The van der Waals surface area contributed by atoms with E-state index in [1.165, 1.54) is 5.01 Å². The van der Waals surface area contributed by atoms with Crippen LogP contribution in [-0.4, -0.2) is 30.6 Å². The number of thiophene rings is 1. The molecule has 0 fully saturated rings. The summed E-state index contributed by atoms with van der Waals surface area (Å²) >= 11 is 19.2. The molecule has 0 saturated carbocycles. The van der Waals surface area contributed by atoms with E-state index >= 15 is 0 Å². The van der Waals surface area contributed by atoms with Gasteiger partial charge in [-0.3, -0.25) is 4.79 Å². The number of amides is 1. The van der Waals surface area contributed by atoms with Gasteiger partial charge in [0.1, 0.15) is 9.49 Å². The summed E-state index contributed by atoms with van der Waals surface area (Å²) in [6, 6.07) is 8.75. The van der Waals surface area contributed by atoms with Gasteiger partial charge in [-0.1, -0.05) is 46.9 Å². The fraction of sp³-hybridized carbons (Fsp3) is 0.235. The Morgan fingerprint density at radius 3 is 2.44 bits per heavy atom. The van der Waals surface area contributed by atoms with Crippen molar-refractivity contribution in [3.05, 3.63) is 60.9 Å². The Balaban J connectivity index is 2.16. The van der Waals surface area contributed by atoms with Crippen molar-refractivity contribution in [3.8, 4) is 0 Å². The predicted octanol–water partition coefficient (Wildman–Crippen LogP) is 2.98. The average molecular weight is 449 g/mol. The summed E-state index contributed by atoms with van der Waals surface area (Å²) in [5.41, 5.74) is 13.3. The summed E-state index contributed by atoms with van der Waals surface area (Å²) in [5, 5.41) is 4.80. The quantitative estimate of drug-likeness (QED) is 0.296. The van der Waals surface area contributed by atoms with Crippen LogP contribution >= 0.6 is 46.1 Å². The third kappa shape index (κ3) is 5.75. The molecule has 2 rings (SSSR count). The first-order valence-corrected chi connectivity index (χ1v) is 9.86. The second-order valence-corrected chi connectivity index (χ2v) is 8.34. The molecule has 0 spiro atoms. The molecule has 1 aromatic carbocycles. The Bertz CT molecular complexity index is 832. The Labute approximate surface area is 176 Å². The molecule has 0 bridgehead atoms. The van der Waals surface area contributed by atoms with E-state index in [9.17, 15) is 4.79 Å². The molecule has 1 atom stereocenters. The van der Waals surface area contributed by atoms with Crippen LogP contribution in [-0.2, 0) is 6.42 Å². The third-order valence-electron chi connectivity index (χ3n) is 3.76. The first-order valence-electron chi connectivity index (χ1n) is 7.91. The normalized spacial score (nSPS) is 13.1. The number of hydrazine groups is 1. The van der Waals surface area contributed by atoms with Crippen LogP contribution in [0.1, 0.15) is 20.8 Å². The molecule has 0 aliphatic carbocycles. The van der Waals surface area contributed by atoms with Gasteiger partial charge in [-0.15, -0.1) is 11.3 Å². The maximum absolute atomic E-state index is 12.6. The lowest BCUT2D eigenvalue weighted by molar-refractivity contribution is 0.0942. The van der Waals surface area contributed by atoms with Crippen LogP contribution in [0.25, 0.3) is 5.70 Å². The van der Waals surface area contributed by atoms with Gasteiger partial charge in [0.25, 0.3) is 5.91 Å². The Kier molecular flexibility index (Phi) is 7.79. The molecule has 7 N–H and O–H groups in total. The number of benzene rings is 1. The van der Waals surface area contributed by atoms with Gasteiger partial charge in [-0.25, -0.2) is 5.84 Å². The summed E-state index contributed by atoms with van der Waals surface area (Å²) in [4.78, 5) is 13.0. The number of hydrogen-bond donors (Lipinski definition) is 4. The molecule has 0 aliphatic rings. The van der Waals surface area contributed by atoms with E-state index in [0.29, 0.717) is 31.9 Å². The van der Waals surface area contributed by atoms with Gasteiger partial charge in [0, 0.05) is 30.2 Å². The number of nitrogens with one attached hydrogen (secondary N) is 1. The molecule has 10 heteroatoms. The van der Waals surface area contributed by atoms with Crippen LogP contribution in [0.2, 0.25) is 9.36 Å². The maximum Gasteiger partial charge on any atom is 0.261 e. The first-order chi connectivity index (χ1) is 12.7. The fourth-order valence-corrected chi connectivity index (χ4v) is 4.03. The minimum absolute atomic E-state index is 0.0192. The second kappa shape index (κ2) is 9.64. The van der Waals surface area contributed by atoms with Gasteiger partial charge < -0.3 is 21.8 Å². The van der Waals surface area contributed by atoms with E-state index in [4.69, 9.17) is 52.1 Å². The Morgan fingerprint density at radius 2 is 1.93 bits per heavy atom. The van der Waals surface area contributed by atoms with Crippen LogP contribution in [0.4, 0.5) is 0 Å². The molecule has 0 saturated heterocycles. The van der Waals surface area contributed by atoms with Crippen LogP contribution < -0.4 is 22.6 Å². The summed E-state index contributed by atoms with van der Waals surface area (Å²) in [5.74, 6) is 5.47. The van der Waals surface area contributed by atoms with Crippen molar-refractivity contribution in [1.29, 1.82) is 0 Å². The summed E-state index contributed by atoms with van der Waals surface area (Å²) in [7, 11) is 1.58. The maximum atomic E-state index is 12.6. The largest absolute Gasteiger partial charge is 0.388 e. The van der Waals surface area contributed by atoms with Crippen LogP contribution in [0.3, 0.4) is 0 Å². The molecule has 1 amide bonds. The summed E-state index contributed by atoms with van der Waals surface area (Å²) in [6.45, 7) is 0.283. The molecule has 0 aliphatic heterocycles. The van der Waals surface area contributed by atoms with E-state index in [2.05, 4.69) is 5.32 Å². The minimum Gasteiger partial charge on any atom is -0.388 e. The topological polar surface area (TPSA) is 110 Å². The molecule has 2 aromatic rings. The van der Waals surface area contributed by atoms with Crippen molar-refractivity contribution < 1.29 is 4.79 Å². The van der Waals surface area contributed by atoms with E-state index in [1.807, 2.05) is 12.1 Å². The van der Waals surface area contributed by atoms with Gasteiger partial charge >= 0.3 is 0 Å². The lowest BCUT2D eigenvalue weighted by Gasteiger charge is -2.17. The zero-order valence-corrected chi connectivity index (χ0v) is 17.6. The summed E-state index contributed by atoms with van der Waals surface area (Å²) < 4.78 is 0.359. The molecular formula is C17H20Cl3N5OS. The number of nitrogens with two attached hydrogens (primary N) is 3. The van der Waals surface area contributed by atoms with Crippen molar-refractivity contribution in [2.45, 2.75) is 12.5 Å². The molecule has 1 unspecified atom stereocenters. The molecule has 1 aromatic heterocycles. The van der Waals surface area contributed by atoms with Gasteiger partial charge in [-0.05, 0) is 30.2 Å². The highest BCUT2D eigenvalue weighted by atomic mass is 35.5. The average Bonchev–Trinajstić information content (AvgIpc) is 2.97. The monoisotopic (exact) mass is 447 g/mol. The number of rotatable bonds is 7. The number of nitrogens with zero attached hydrogens (tertiary/aromatic N) is 1. The number of carbonyl (C=O) groups excluding carboxylic acids is 1. The standard InChI is InChI=1S/C17H20Cl3N5OS/c1-25(23)14(15(19)22)12-7-13(27-16(12)20)17(26)24-11(8-21)6-9-2-4-10(18)5-3-9/h2-5,7,11H,6,8,21-23H2,1H3,(H,24,26)/b15-14-. The fourth-order valence-electron chi connectivity index (χ4n) is 2.48. The first kappa shape index (κ1) is 21.8. The smallest absolute Gasteiger partial charge is 0.261 e. The Morgan fingerprint density at radius 1 is 1.30 bits per heavy atom. The van der Waals surface area contributed by atoms with Crippen molar-refractivity contribution >= 4 is 57.7 Å². The van der Waals surface area contributed by atoms with Crippen molar-refractivity contribution in [3.63, 3.8) is 0 Å². The second-order valence-electron chi connectivity index (χ2n) is 5.84. The van der Waals surface area contributed by atoms with Crippen molar-refractivity contribution in [1.82, 2.24) is 10.3 Å². The minimum atomic E-state index is -0.287. The Hall–Kier alpha value is -1.48. The lowest BCUT2D eigenvalue weighted by Crippen LogP contribution is -2.41. The predicted molar refractivity (Wildman–Crippen MR) is 114 cm³/mol.